The number of hydrogen-bond acceptors (Lipinski definition) is 3. The number of carbonyl (C=O) groups is 1. The third-order valence-corrected chi connectivity index (χ3v) is 2.53. The van der Waals surface area contributed by atoms with Crippen molar-refractivity contribution in [2.24, 2.45) is 5.92 Å². The van der Waals surface area contributed by atoms with Gasteiger partial charge in [0.2, 0.25) is 0 Å². The number of carboxylic acids is 1. The van der Waals surface area contributed by atoms with Crippen LogP contribution in [-0.4, -0.2) is 28.8 Å². The van der Waals surface area contributed by atoms with Gasteiger partial charge in [-0.25, -0.2) is 0 Å². The highest BCUT2D eigenvalue weighted by atomic mass is 19.4. The summed E-state index contributed by atoms with van der Waals surface area (Å²) in [6.07, 6.45) is -1.71. The second-order valence-corrected chi connectivity index (χ2v) is 3.84. The smallest absolute Gasteiger partial charge is 0.403 e. The van der Waals surface area contributed by atoms with Crippen molar-refractivity contribution < 1.29 is 23.1 Å². The molecule has 1 aromatic heterocycles. The van der Waals surface area contributed by atoms with Crippen LogP contribution >= 0.6 is 0 Å². The zero-order valence-electron chi connectivity index (χ0n) is 9.61. The highest BCUT2D eigenvalue weighted by Crippen LogP contribution is 2.26. The van der Waals surface area contributed by atoms with Crippen molar-refractivity contribution in [2.45, 2.75) is 19.1 Å². The minimum Gasteiger partial charge on any atom is -0.481 e. The molecule has 0 aliphatic heterocycles. The zero-order valence-corrected chi connectivity index (χ0v) is 9.61. The van der Waals surface area contributed by atoms with Crippen molar-refractivity contribution in [3.05, 3.63) is 30.1 Å². The van der Waals surface area contributed by atoms with Crippen LogP contribution < -0.4 is 5.32 Å². The molecule has 2 atom stereocenters. The van der Waals surface area contributed by atoms with E-state index in [0.717, 1.165) is 5.56 Å². The standard InChI is InChI=1S/C11H13F3N2O2/c1-7(8-2-4-15-5-3-8)16-6-9(10(17)18)11(12,13)14/h2-5,7,9,16H,6H2,1H3,(H,17,18)/t7-,9?/m1/s1. The summed E-state index contributed by atoms with van der Waals surface area (Å²) in [4.78, 5) is 14.3. The molecule has 0 saturated heterocycles. The first-order valence-corrected chi connectivity index (χ1v) is 5.25. The van der Waals surface area contributed by atoms with Crippen LogP contribution in [0.1, 0.15) is 18.5 Å². The molecule has 18 heavy (non-hydrogen) atoms. The Balaban J connectivity index is 2.61. The van der Waals surface area contributed by atoms with Crippen molar-refractivity contribution in [2.75, 3.05) is 6.54 Å². The Bertz CT molecular complexity index is 395. The van der Waals surface area contributed by atoms with Gasteiger partial charge in [0.15, 0.2) is 5.92 Å². The van der Waals surface area contributed by atoms with Crippen molar-refractivity contribution in [3.63, 3.8) is 0 Å². The number of hydrogen-bond donors (Lipinski definition) is 2. The number of aliphatic carboxylic acids is 1. The van der Waals surface area contributed by atoms with Crippen molar-refractivity contribution in [3.8, 4) is 0 Å². The molecule has 1 aromatic rings. The molecule has 0 spiro atoms. The normalized spacial score (nSPS) is 15.1. The molecule has 0 aliphatic carbocycles. The number of nitrogens with zero attached hydrogens (tertiary/aromatic N) is 1. The lowest BCUT2D eigenvalue weighted by Gasteiger charge is -2.20. The number of alkyl halides is 3. The van der Waals surface area contributed by atoms with Crippen LogP contribution in [-0.2, 0) is 4.79 Å². The van der Waals surface area contributed by atoms with Crippen LogP contribution in [0, 0.1) is 5.92 Å². The van der Waals surface area contributed by atoms with Gasteiger partial charge in [0, 0.05) is 25.0 Å². The number of aromatic nitrogens is 1. The van der Waals surface area contributed by atoms with E-state index in [4.69, 9.17) is 5.11 Å². The molecule has 0 saturated carbocycles. The van der Waals surface area contributed by atoms with Gasteiger partial charge in [0.05, 0.1) is 0 Å². The first-order valence-electron chi connectivity index (χ1n) is 5.25. The first-order chi connectivity index (χ1) is 8.32. The molecule has 0 aliphatic rings. The molecule has 0 amide bonds. The Morgan fingerprint density at radius 3 is 2.44 bits per heavy atom. The Morgan fingerprint density at radius 2 is 2.00 bits per heavy atom. The van der Waals surface area contributed by atoms with E-state index in [1.807, 2.05) is 0 Å². The molecule has 2 N–H and O–H groups in total. The van der Waals surface area contributed by atoms with Gasteiger partial charge in [-0.1, -0.05) is 0 Å². The van der Waals surface area contributed by atoms with Gasteiger partial charge in [-0.05, 0) is 24.6 Å². The molecule has 1 rings (SSSR count). The summed E-state index contributed by atoms with van der Waals surface area (Å²) >= 11 is 0. The van der Waals surface area contributed by atoms with Gasteiger partial charge in [0.1, 0.15) is 0 Å². The highest BCUT2D eigenvalue weighted by Gasteiger charge is 2.44. The van der Waals surface area contributed by atoms with Crippen molar-refractivity contribution in [1.29, 1.82) is 0 Å². The SMILES string of the molecule is C[C@@H](NCC(C(=O)O)C(F)(F)F)c1ccncc1. The summed E-state index contributed by atoms with van der Waals surface area (Å²) in [6.45, 7) is 0.993. The van der Waals surface area contributed by atoms with E-state index in [1.165, 1.54) is 12.4 Å². The van der Waals surface area contributed by atoms with E-state index >= 15 is 0 Å². The maximum absolute atomic E-state index is 12.4. The fourth-order valence-corrected chi connectivity index (χ4v) is 1.41. The van der Waals surface area contributed by atoms with Crippen LogP contribution in [0.4, 0.5) is 13.2 Å². The second kappa shape index (κ2) is 5.81. The Kier molecular flexibility index (Phi) is 4.66. The van der Waals surface area contributed by atoms with E-state index in [-0.39, 0.29) is 6.04 Å². The monoisotopic (exact) mass is 262 g/mol. The number of pyridine rings is 1. The minimum absolute atomic E-state index is 0.378. The molecular formula is C11H13F3N2O2. The minimum atomic E-state index is -4.75. The largest absolute Gasteiger partial charge is 0.481 e. The van der Waals surface area contributed by atoms with Gasteiger partial charge in [-0.2, -0.15) is 13.2 Å². The summed E-state index contributed by atoms with van der Waals surface area (Å²) in [5.74, 6) is -4.28. The molecule has 0 fully saturated rings. The van der Waals surface area contributed by atoms with Crippen LogP contribution in [0.5, 0.6) is 0 Å². The fraction of sp³-hybridized carbons (Fsp3) is 0.455. The fourth-order valence-electron chi connectivity index (χ4n) is 1.41. The van der Waals surface area contributed by atoms with Crippen molar-refractivity contribution >= 4 is 5.97 Å². The quantitative estimate of drug-likeness (QED) is 0.852. The third-order valence-electron chi connectivity index (χ3n) is 2.53. The van der Waals surface area contributed by atoms with Gasteiger partial charge in [-0.3, -0.25) is 9.78 Å². The summed E-state index contributed by atoms with van der Waals surface area (Å²) in [5.41, 5.74) is 0.747. The first kappa shape index (κ1) is 14.4. The van der Waals surface area contributed by atoms with Crippen LogP contribution in [0.25, 0.3) is 0 Å². The van der Waals surface area contributed by atoms with Crippen LogP contribution in [0.15, 0.2) is 24.5 Å². The molecule has 4 nitrogen and oxygen atoms in total. The maximum atomic E-state index is 12.4. The predicted octanol–water partition coefficient (Wildman–Crippen LogP) is 2.00. The van der Waals surface area contributed by atoms with E-state index in [1.54, 1.807) is 19.1 Å². The second-order valence-electron chi connectivity index (χ2n) is 3.84. The zero-order chi connectivity index (χ0) is 13.8. The lowest BCUT2D eigenvalue weighted by molar-refractivity contribution is -0.192. The average molecular weight is 262 g/mol. The molecular weight excluding hydrogens is 249 g/mol. The van der Waals surface area contributed by atoms with Gasteiger partial charge < -0.3 is 10.4 Å². The number of carboxylic acid groups (broad SMARTS) is 1. The third kappa shape index (κ3) is 3.99. The molecule has 0 aromatic carbocycles. The van der Waals surface area contributed by atoms with Crippen LogP contribution in [0.3, 0.4) is 0 Å². The number of nitrogens with one attached hydrogen (secondary N) is 1. The number of halogens is 3. The van der Waals surface area contributed by atoms with E-state index in [9.17, 15) is 18.0 Å². The Labute approximate surface area is 102 Å². The van der Waals surface area contributed by atoms with E-state index in [2.05, 4.69) is 10.3 Å². The lowest BCUT2D eigenvalue weighted by Crippen LogP contribution is -2.39. The maximum Gasteiger partial charge on any atom is 0.403 e. The van der Waals surface area contributed by atoms with Crippen LogP contribution in [0.2, 0.25) is 0 Å². The molecule has 1 unspecified atom stereocenters. The summed E-state index contributed by atoms with van der Waals surface area (Å²) < 4.78 is 37.2. The Hall–Kier alpha value is -1.63. The van der Waals surface area contributed by atoms with Gasteiger partial charge >= 0.3 is 12.1 Å². The molecule has 100 valence electrons. The Morgan fingerprint density at radius 1 is 1.44 bits per heavy atom. The summed E-state index contributed by atoms with van der Waals surface area (Å²) in [7, 11) is 0. The van der Waals surface area contributed by atoms with Gasteiger partial charge in [0.25, 0.3) is 0 Å². The lowest BCUT2D eigenvalue weighted by atomic mass is 10.1. The van der Waals surface area contributed by atoms with E-state index in [0.29, 0.717) is 0 Å². The average Bonchev–Trinajstić information content (AvgIpc) is 2.28. The molecule has 0 radical (unpaired) electrons. The molecule has 0 bridgehead atoms. The number of rotatable bonds is 5. The molecule has 1 heterocycles. The van der Waals surface area contributed by atoms with Gasteiger partial charge in [-0.15, -0.1) is 0 Å². The van der Waals surface area contributed by atoms with E-state index < -0.39 is 24.6 Å². The molecule has 7 heteroatoms. The summed E-state index contributed by atoms with van der Waals surface area (Å²) in [5, 5.41) is 11.1. The highest BCUT2D eigenvalue weighted by molar-refractivity contribution is 5.71. The topological polar surface area (TPSA) is 62.2 Å². The predicted molar refractivity (Wildman–Crippen MR) is 57.8 cm³/mol. The van der Waals surface area contributed by atoms with Crippen molar-refractivity contribution in [1.82, 2.24) is 10.3 Å². The summed E-state index contributed by atoms with van der Waals surface area (Å²) in [6, 6.07) is 2.93.